The summed E-state index contributed by atoms with van der Waals surface area (Å²) in [6, 6.07) is 7.77. The highest BCUT2D eigenvalue weighted by molar-refractivity contribution is 5.51. The van der Waals surface area contributed by atoms with Crippen LogP contribution < -0.4 is 9.64 Å². The fourth-order valence-electron chi connectivity index (χ4n) is 3.53. The number of hydrogen-bond acceptors (Lipinski definition) is 7. The second-order valence-electron chi connectivity index (χ2n) is 7.70. The van der Waals surface area contributed by atoms with Crippen LogP contribution in [0.4, 0.5) is 5.69 Å². The van der Waals surface area contributed by atoms with Crippen molar-refractivity contribution < 1.29 is 29.9 Å². The lowest BCUT2D eigenvalue weighted by Gasteiger charge is -2.34. The zero-order chi connectivity index (χ0) is 21.1. The average Bonchev–Trinajstić information content (AvgIpc) is 2.74. The van der Waals surface area contributed by atoms with Crippen LogP contribution >= 0.6 is 0 Å². The van der Waals surface area contributed by atoms with Crippen LogP contribution in [-0.4, -0.2) is 77.8 Å². The number of β-amino-alcohol motifs (C(OH)–C–C–N with tert-alkyl or cyclic N) is 1. The van der Waals surface area contributed by atoms with Gasteiger partial charge in [0.15, 0.2) is 0 Å². The minimum Gasteiger partial charge on any atom is -0.494 e. The van der Waals surface area contributed by atoms with Gasteiger partial charge in [-0.15, -0.1) is 0 Å². The van der Waals surface area contributed by atoms with E-state index in [2.05, 4.69) is 6.92 Å². The third kappa shape index (κ3) is 7.75. The Morgan fingerprint density at radius 2 is 1.93 bits per heavy atom. The van der Waals surface area contributed by atoms with Gasteiger partial charge in [-0.25, -0.2) is 0 Å². The fourth-order valence-corrected chi connectivity index (χ4v) is 3.53. The highest BCUT2D eigenvalue weighted by Gasteiger charge is 2.33. The number of fused-ring (bicyclic) bond motifs is 2. The van der Waals surface area contributed by atoms with E-state index < -0.39 is 31.0 Å². The summed E-state index contributed by atoms with van der Waals surface area (Å²) in [5, 5.41) is 40.8. The first kappa shape index (κ1) is 23.9. The summed E-state index contributed by atoms with van der Waals surface area (Å²) in [7, 11) is 0. The number of unbranched alkanes of at least 4 members (excludes halogenated alkanes) is 3. The molecule has 1 aromatic rings. The Bertz CT molecular complexity index is 572. The quantitative estimate of drug-likeness (QED) is 0.507. The van der Waals surface area contributed by atoms with Crippen molar-refractivity contribution in [3.63, 3.8) is 0 Å². The maximum atomic E-state index is 10.7. The van der Waals surface area contributed by atoms with E-state index in [1.54, 1.807) is 0 Å². The maximum Gasteiger partial charge on any atom is 0.121 e. The minimum atomic E-state index is -1.31. The van der Waals surface area contributed by atoms with E-state index in [1.165, 1.54) is 0 Å². The molecule has 0 aromatic heterocycles. The first-order chi connectivity index (χ1) is 14.1. The number of hydrogen-bond donors (Lipinski definition) is 4. The summed E-state index contributed by atoms with van der Waals surface area (Å²) in [4.78, 5) is 2.03. The van der Waals surface area contributed by atoms with E-state index >= 15 is 0 Å². The largest absolute Gasteiger partial charge is 0.494 e. The highest BCUT2D eigenvalue weighted by atomic mass is 16.5. The molecule has 0 aliphatic carbocycles. The van der Waals surface area contributed by atoms with Gasteiger partial charge in [0.1, 0.15) is 24.1 Å². The number of aliphatic hydroxyl groups is 4. The smallest absolute Gasteiger partial charge is 0.121 e. The Labute approximate surface area is 173 Å². The van der Waals surface area contributed by atoms with E-state index in [0.717, 1.165) is 50.1 Å². The molecule has 2 bridgehead atoms. The van der Waals surface area contributed by atoms with Gasteiger partial charge in [-0.05, 0) is 31.4 Å². The van der Waals surface area contributed by atoms with Crippen LogP contribution in [0.15, 0.2) is 24.3 Å². The van der Waals surface area contributed by atoms with Crippen molar-refractivity contribution in [2.45, 2.75) is 69.9 Å². The summed E-state index contributed by atoms with van der Waals surface area (Å²) in [6.07, 6.45) is 1.04. The predicted octanol–water partition coefficient (Wildman–Crippen LogP) is 1.71. The van der Waals surface area contributed by atoms with E-state index in [9.17, 15) is 20.4 Å². The molecule has 4 N–H and O–H groups in total. The first-order valence-electron chi connectivity index (χ1n) is 10.8. The number of ether oxygens (including phenoxy) is 2. The Kier molecular flexibility index (Phi) is 10.7. The number of anilines is 1. The molecule has 1 aliphatic heterocycles. The number of aliphatic hydroxyl groups excluding tert-OH is 4. The van der Waals surface area contributed by atoms with Crippen LogP contribution in [-0.2, 0) is 4.74 Å². The van der Waals surface area contributed by atoms with Gasteiger partial charge < -0.3 is 34.8 Å². The topological polar surface area (TPSA) is 103 Å². The average molecular weight is 412 g/mol. The number of rotatable bonds is 7. The summed E-state index contributed by atoms with van der Waals surface area (Å²) >= 11 is 0. The fraction of sp³-hybridized carbons (Fsp3) is 0.727. The minimum absolute atomic E-state index is 0.189. The zero-order valence-corrected chi connectivity index (χ0v) is 17.4. The molecule has 7 nitrogen and oxygen atoms in total. The van der Waals surface area contributed by atoms with Crippen LogP contribution in [0.5, 0.6) is 5.75 Å². The molecule has 2 rings (SSSR count). The molecule has 0 radical (unpaired) electrons. The standard InChI is InChI=1S/C22H37NO6/c1-2-3-4-5-11-23-15-19(25)21(27)22(20(26)16-24)29-13-7-6-12-28-18-10-8-9-17(23)14-18/h8-10,14,19-22,24-27H,2-7,11-13,15-16H2,1H3/t19-,20-,21-,22-/m1/s1. The van der Waals surface area contributed by atoms with Crippen molar-refractivity contribution >= 4 is 5.69 Å². The van der Waals surface area contributed by atoms with Crippen molar-refractivity contribution in [1.82, 2.24) is 0 Å². The zero-order valence-electron chi connectivity index (χ0n) is 17.4. The van der Waals surface area contributed by atoms with E-state index in [-0.39, 0.29) is 6.54 Å². The van der Waals surface area contributed by atoms with Crippen molar-refractivity contribution in [3.8, 4) is 5.75 Å². The van der Waals surface area contributed by atoms with E-state index in [4.69, 9.17) is 9.47 Å². The lowest BCUT2D eigenvalue weighted by atomic mass is 10.0. The molecule has 0 amide bonds. The van der Waals surface area contributed by atoms with Gasteiger partial charge in [0.25, 0.3) is 0 Å². The van der Waals surface area contributed by atoms with E-state index in [0.29, 0.717) is 19.6 Å². The van der Waals surface area contributed by atoms with Crippen LogP contribution in [0.1, 0.15) is 45.4 Å². The first-order valence-corrected chi connectivity index (χ1v) is 10.8. The second kappa shape index (κ2) is 13.0. The summed E-state index contributed by atoms with van der Waals surface area (Å²) < 4.78 is 11.5. The van der Waals surface area contributed by atoms with Crippen LogP contribution in [0.25, 0.3) is 0 Å². The lowest BCUT2D eigenvalue weighted by Crippen LogP contribution is -2.51. The molecular formula is C22H37NO6. The molecule has 0 saturated heterocycles. The van der Waals surface area contributed by atoms with Crippen molar-refractivity contribution in [2.24, 2.45) is 0 Å². The molecule has 1 aliphatic rings. The van der Waals surface area contributed by atoms with Gasteiger partial charge in [0.05, 0.1) is 19.3 Å². The molecule has 4 atom stereocenters. The number of benzene rings is 1. The van der Waals surface area contributed by atoms with Crippen LogP contribution in [0, 0.1) is 0 Å². The van der Waals surface area contributed by atoms with E-state index in [1.807, 2.05) is 29.2 Å². The molecule has 0 fully saturated rings. The monoisotopic (exact) mass is 411 g/mol. The SMILES string of the molecule is CCCCCCN1C[C@@H](O)[C@@H](O)[C@@H]([C@H](O)CO)OCCCCOc2cccc1c2. The van der Waals surface area contributed by atoms with Crippen LogP contribution in [0.2, 0.25) is 0 Å². The molecule has 0 spiro atoms. The molecule has 0 unspecified atom stereocenters. The maximum absolute atomic E-state index is 10.7. The molecule has 7 heteroatoms. The predicted molar refractivity (Wildman–Crippen MR) is 112 cm³/mol. The second-order valence-corrected chi connectivity index (χ2v) is 7.70. The van der Waals surface area contributed by atoms with Gasteiger partial charge in [-0.2, -0.15) is 0 Å². The third-order valence-corrected chi connectivity index (χ3v) is 5.29. The molecule has 166 valence electrons. The molecule has 0 saturated carbocycles. The van der Waals surface area contributed by atoms with Gasteiger partial charge in [-0.1, -0.05) is 32.3 Å². The highest BCUT2D eigenvalue weighted by Crippen LogP contribution is 2.24. The van der Waals surface area contributed by atoms with Crippen LogP contribution in [0.3, 0.4) is 0 Å². The summed E-state index contributed by atoms with van der Waals surface area (Å²) in [5.41, 5.74) is 0.919. The van der Waals surface area contributed by atoms with Gasteiger partial charge in [0.2, 0.25) is 0 Å². The van der Waals surface area contributed by atoms with Crippen molar-refractivity contribution in [1.29, 1.82) is 0 Å². The van der Waals surface area contributed by atoms with Gasteiger partial charge >= 0.3 is 0 Å². The lowest BCUT2D eigenvalue weighted by molar-refractivity contribution is -0.141. The normalized spacial score (nSPS) is 25.1. The van der Waals surface area contributed by atoms with Crippen molar-refractivity contribution in [3.05, 3.63) is 24.3 Å². The summed E-state index contributed by atoms with van der Waals surface area (Å²) in [6.45, 7) is 3.39. The molecule has 1 aromatic carbocycles. The third-order valence-electron chi connectivity index (χ3n) is 5.29. The Morgan fingerprint density at radius 3 is 2.69 bits per heavy atom. The van der Waals surface area contributed by atoms with Gasteiger partial charge in [0, 0.05) is 31.5 Å². The Hall–Kier alpha value is -1.38. The Balaban J connectivity index is 2.20. The van der Waals surface area contributed by atoms with Crippen molar-refractivity contribution in [2.75, 3.05) is 37.8 Å². The molecule has 29 heavy (non-hydrogen) atoms. The molecular weight excluding hydrogens is 374 g/mol. The van der Waals surface area contributed by atoms with Gasteiger partial charge in [-0.3, -0.25) is 0 Å². The number of nitrogens with zero attached hydrogens (tertiary/aromatic N) is 1. The molecule has 1 heterocycles. The summed E-state index contributed by atoms with van der Waals surface area (Å²) in [5.74, 6) is 0.780. The Morgan fingerprint density at radius 1 is 1.14 bits per heavy atom.